The Morgan fingerprint density at radius 2 is 1.89 bits per heavy atom. The SMILES string of the molecule is O=C(CNc1c2ccccc2c(O)n1Cc1cccs1)Nc1ccccn1. The topological polar surface area (TPSA) is 79.2 Å². The number of hydrogen-bond donors (Lipinski definition) is 3. The van der Waals surface area contributed by atoms with Gasteiger partial charge in [-0.15, -0.1) is 11.3 Å². The maximum absolute atomic E-state index is 12.3. The number of amides is 1. The van der Waals surface area contributed by atoms with E-state index in [1.54, 1.807) is 34.2 Å². The summed E-state index contributed by atoms with van der Waals surface area (Å²) in [5, 5.41) is 20.2. The Kier molecular flexibility index (Phi) is 4.76. The predicted octanol–water partition coefficient (Wildman–Crippen LogP) is 3.90. The molecule has 0 atom stereocenters. The van der Waals surface area contributed by atoms with E-state index in [4.69, 9.17) is 0 Å². The van der Waals surface area contributed by atoms with Gasteiger partial charge in [0.25, 0.3) is 0 Å². The van der Waals surface area contributed by atoms with Gasteiger partial charge >= 0.3 is 0 Å². The molecule has 0 fully saturated rings. The van der Waals surface area contributed by atoms with Crippen LogP contribution in [-0.4, -0.2) is 27.1 Å². The van der Waals surface area contributed by atoms with Gasteiger partial charge in [-0.25, -0.2) is 4.98 Å². The molecule has 136 valence electrons. The zero-order valence-corrected chi connectivity index (χ0v) is 15.2. The first-order valence-corrected chi connectivity index (χ1v) is 9.37. The molecule has 7 heteroatoms. The fourth-order valence-electron chi connectivity index (χ4n) is 2.97. The van der Waals surface area contributed by atoms with Crippen LogP contribution >= 0.6 is 11.3 Å². The van der Waals surface area contributed by atoms with Crippen LogP contribution in [-0.2, 0) is 11.3 Å². The van der Waals surface area contributed by atoms with Crippen LogP contribution in [0, 0.1) is 0 Å². The average Bonchev–Trinajstić information content (AvgIpc) is 3.29. The van der Waals surface area contributed by atoms with E-state index in [0.717, 1.165) is 15.6 Å². The monoisotopic (exact) mass is 378 g/mol. The fraction of sp³-hybridized carbons (Fsp3) is 0.100. The minimum Gasteiger partial charge on any atom is -0.494 e. The number of rotatable bonds is 6. The summed E-state index contributed by atoms with van der Waals surface area (Å²) in [4.78, 5) is 17.5. The Morgan fingerprint density at radius 1 is 1.07 bits per heavy atom. The van der Waals surface area contributed by atoms with Crippen molar-refractivity contribution in [1.82, 2.24) is 9.55 Å². The van der Waals surface area contributed by atoms with Gasteiger partial charge in [0.1, 0.15) is 11.6 Å². The Bertz CT molecular complexity index is 1060. The van der Waals surface area contributed by atoms with Gasteiger partial charge in [-0.1, -0.05) is 30.3 Å². The molecule has 4 aromatic rings. The number of hydrogen-bond acceptors (Lipinski definition) is 5. The van der Waals surface area contributed by atoms with E-state index in [1.807, 2.05) is 47.8 Å². The van der Waals surface area contributed by atoms with E-state index in [9.17, 15) is 9.90 Å². The zero-order valence-electron chi connectivity index (χ0n) is 14.4. The molecule has 0 saturated heterocycles. The maximum atomic E-state index is 12.3. The number of carbonyl (C=O) groups is 1. The molecular formula is C20H18N4O2S. The van der Waals surface area contributed by atoms with Gasteiger partial charge < -0.3 is 15.7 Å². The molecule has 0 aliphatic carbocycles. The van der Waals surface area contributed by atoms with Gasteiger partial charge in [0.15, 0.2) is 0 Å². The lowest BCUT2D eigenvalue weighted by atomic mass is 10.2. The van der Waals surface area contributed by atoms with Crippen molar-refractivity contribution in [2.75, 3.05) is 17.2 Å². The smallest absolute Gasteiger partial charge is 0.244 e. The van der Waals surface area contributed by atoms with Crippen molar-refractivity contribution in [2.45, 2.75) is 6.54 Å². The molecule has 0 radical (unpaired) electrons. The summed E-state index contributed by atoms with van der Waals surface area (Å²) in [7, 11) is 0. The highest BCUT2D eigenvalue weighted by Gasteiger charge is 2.17. The number of aromatic nitrogens is 2. The lowest BCUT2D eigenvalue weighted by Gasteiger charge is -2.12. The first-order valence-electron chi connectivity index (χ1n) is 8.49. The third-order valence-electron chi connectivity index (χ3n) is 4.19. The first-order chi connectivity index (χ1) is 13.2. The second kappa shape index (κ2) is 7.51. The van der Waals surface area contributed by atoms with E-state index in [2.05, 4.69) is 15.6 Å². The predicted molar refractivity (Wildman–Crippen MR) is 108 cm³/mol. The third kappa shape index (κ3) is 3.63. The molecule has 4 rings (SSSR count). The van der Waals surface area contributed by atoms with Crippen molar-refractivity contribution in [3.05, 3.63) is 71.1 Å². The molecule has 0 spiro atoms. The molecule has 0 aliphatic heterocycles. The van der Waals surface area contributed by atoms with Crippen molar-refractivity contribution in [3.63, 3.8) is 0 Å². The van der Waals surface area contributed by atoms with Gasteiger partial charge in [0.05, 0.1) is 13.1 Å². The van der Waals surface area contributed by atoms with Crippen molar-refractivity contribution in [1.29, 1.82) is 0 Å². The van der Waals surface area contributed by atoms with Gasteiger partial charge in [0.2, 0.25) is 11.8 Å². The summed E-state index contributed by atoms with van der Waals surface area (Å²) >= 11 is 1.62. The van der Waals surface area contributed by atoms with Crippen LogP contribution in [0.2, 0.25) is 0 Å². The summed E-state index contributed by atoms with van der Waals surface area (Å²) in [6.07, 6.45) is 1.63. The molecule has 3 heterocycles. The Labute approximate surface area is 160 Å². The molecule has 27 heavy (non-hydrogen) atoms. The van der Waals surface area contributed by atoms with Crippen LogP contribution in [0.15, 0.2) is 66.2 Å². The highest BCUT2D eigenvalue weighted by molar-refractivity contribution is 7.09. The first kappa shape index (κ1) is 17.1. The third-order valence-corrected chi connectivity index (χ3v) is 5.05. The number of pyridine rings is 1. The molecule has 0 aliphatic rings. The van der Waals surface area contributed by atoms with Crippen molar-refractivity contribution in [3.8, 4) is 5.88 Å². The van der Waals surface area contributed by atoms with Crippen molar-refractivity contribution in [2.24, 2.45) is 0 Å². The van der Waals surface area contributed by atoms with Gasteiger partial charge in [0, 0.05) is 21.8 Å². The second-order valence-electron chi connectivity index (χ2n) is 6.00. The van der Waals surface area contributed by atoms with Crippen LogP contribution in [0.1, 0.15) is 4.88 Å². The summed E-state index contributed by atoms with van der Waals surface area (Å²) in [5.41, 5.74) is 0. The molecule has 3 aromatic heterocycles. The zero-order chi connectivity index (χ0) is 18.6. The molecule has 1 amide bonds. The Morgan fingerprint density at radius 3 is 2.63 bits per heavy atom. The molecule has 0 unspecified atom stereocenters. The second-order valence-corrected chi connectivity index (χ2v) is 7.03. The molecular weight excluding hydrogens is 360 g/mol. The Balaban J connectivity index is 1.59. The van der Waals surface area contributed by atoms with E-state index in [1.165, 1.54) is 0 Å². The number of aromatic hydroxyl groups is 1. The molecule has 0 bridgehead atoms. The van der Waals surface area contributed by atoms with Crippen molar-refractivity contribution < 1.29 is 9.90 Å². The summed E-state index contributed by atoms with van der Waals surface area (Å²) in [5.74, 6) is 1.20. The number of carbonyl (C=O) groups excluding carboxylic acids is 1. The van der Waals surface area contributed by atoms with E-state index in [0.29, 0.717) is 18.2 Å². The number of nitrogens with one attached hydrogen (secondary N) is 2. The standard InChI is InChI=1S/C20H18N4O2S/c25-18(23-17-9-3-4-10-21-17)12-22-19-15-7-1-2-8-16(15)20(26)24(19)13-14-6-5-11-27-14/h1-11,22,26H,12-13H2,(H,21,23,25). The van der Waals surface area contributed by atoms with E-state index in [-0.39, 0.29) is 18.3 Å². The minimum absolute atomic E-state index is 0.0640. The molecule has 6 nitrogen and oxygen atoms in total. The number of nitrogens with zero attached hydrogens (tertiary/aromatic N) is 2. The highest BCUT2D eigenvalue weighted by Crippen LogP contribution is 2.36. The number of benzene rings is 1. The molecule has 0 saturated carbocycles. The summed E-state index contributed by atoms with van der Waals surface area (Å²) < 4.78 is 1.80. The molecule has 3 N–H and O–H groups in total. The normalized spacial score (nSPS) is 10.8. The quantitative estimate of drug-likeness (QED) is 0.475. The summed E-state index contributed by atoms with van der Waals surface area (Å²) in [6.45, 7) is 0.594. The van der Waals surface area contributed by atoms with Gasteiger partial charge in [-0.2, -0.15) is 0 Å². The van der Waals surface area contributed by atoms with Crippen LogP contribution in [0.4, 0.5) is 11.6 Å². The average molecular weight is 378 g/mol. The van der Waals surface area contributed by atoms with Gasteiger partial charge in [-0.05, 0) is 29.6 Å². The maximum Gasteiger partial charge on any atom is 0.244 e. The lowest BCUT2D eigenvalue weighted by molar-refractivity contribution is -0.114. The number of thiophene rings is 1. The van der Waals surface area contributed by atoms with Crippen molar-refractivity contribution >= 4 is 39.7 Å². The minimum atomic E-state index is -0.207. The van der Waals surface area contributed by atoms with E-state index < -0.39 is 0 Å². The molecule has 1 aromatic carbocycles. The Hall–Kier alpha value is -3.32. The van der Waals surface area contributed by atoms with Gasteiger partial charge in [-0.3, -0.25) is 9.36 Å². The largest absolute Gasteiger partial charge is 0.494 e. The number of anilines is 2. The van der Waals surface area contributed by atoms with Crippen LogP contribution in [0.25, 0.3) is 10.8 Å². The van der Waals surface area contributed by atoms with E-state index >= 15 is 0 Å². The fourth-order valence-corrected chi connectivity index (χ4v) is 3.66. The summed E-state index contributed by atoms with van der Waals surface area (Å²) in [6, 6.07) is 16.9. The van der Waals surface area contributed by atoms with Crippen LogP contribution < -0.4 is 10.6 Å². The van der Waals surface area contributed by atoms with Crippen LogP contribution in [0.3, 0.4) is 0 Å². The number of fused-ring (bicyclic) bond motifs is 1. The highest BCUT2D eigenvalue weighted by atomic mass is 32.1. The lowest BCUT2D eigenvalue weighted by Crippen LogP contribution is -2.23. The van der Waals surface area contributed by atoms with Crippen LogP contribution in [0.5, 0.6) is 5.88 Å².